The Morgan fingerprint density at radius 1 is 1.24 bits per heavy atom. The average Bonchev–Trinajstić information content (AvgIpc) is 2.47. The molecule has 1 saturated heterocycles. The molecule has 0 spiro atoms. The highest BCUT2D eigenvalue weighted by atomic mass is 16.5. The predicted octanol–water partition coefficient (Wildman–Crippen LogP) is 1.60. The van der Waals surface area contributed by atoms with Crippen LogP contribution in [0.3, 0.4) is 0 Å². The Morgan fingerprint density at radius 2 is 1.90 bits per heavy atom. The van der Waals surface area contributed by atoms with E-state index in [1.165, 1.54) is 5.56 Å². The molecule has 0 atom stereocenters. The fourth-order valence-corrected chi connectivity index (χ4v) is 2.72. The third kappa shape index (κ3) is 4.72. The summed E-state index contributed by atoms with van der Waals surface area (Å²) in [5, 5.41) is 8.71. The Hall–Kier alpha value is -1.59. The summed E-state index contributed by atoms with van der Waals surface area (Å²) in [7, 11) is 1.69. The topological polar surface area (TPSA) is 53.0 Å². The summed E-state index contributed by atoms with van der Waals surface area (Å²) in [6.07, 6.45) is 0.234. The molecule has 5 nitrogen and oxygen atoms in total. The van der Waals surface area contributed by atoms with Gasteiger partial charge in [0, 0.05) is 39.3 Å². The van der Waals surface area contributed by atoms with Crippen molar-refractivity contribution in [3.63, 3.8) is 0 Å². The largest absolute Gasteiger partial charge is 0.496 e. The minimum Gasteiger partial charge on any atom is -0.496 e. The molecule has 0 radical (unpaired) electrons. The molecule has 0 bridgehead atoms. The highest BCUT2D eigenvalue weighted by Crippen LogP contribution is 2.19. The van der Waals surface area contributed by atoms with E-state index in [0.29, 0.717) is 6.54 Å². The summed E-state index contributed by atoms with van der Waals surface area (Å²) in [5.74, 6) is 0.211. The lowest BCUT2D eigenvalue weighted by Gasteiger charge is -2.34. The Kier molecular flexibility index (Phi) is 5.59. The standard InChI is InChI=1S/C16H24N2O3/c1-13-11-14(3-4-15(13)21-2)12-18-9-7-17(8-10-18)6-5-16(19)20/h3-4,11H,5-10,12H2,1-2H3,(H,19,20). The van der Waals surface area contributed by atoms with Crippen LogP contribution in [0.2, 0.25) is 0 Å². The molecule has 2 rings (SSSR count). The Labute approximate surface area is 126 Å². The summed E-state index contributed by atoms with van der Waals surface area (Å²) in [4.78, 5) is 15.2. The number of carbonyl (C=O) groups is 1. The van der Waals surface area contributed by atoms with Crippen LogP contribution in [-0.4, -0.2) is 60.7 Å². The monoisotopic (exact) mass is 292 g/mol. The molecule has 1 aromatic rings. The van der Waals surface area contributed by atoms with E-state index < -0.39 is 5.97 Å². The molecule has 5 heteroatoms. The minimum absolute atomic E-state index is 0.234. The third-order valence-electron chi connectivity index (χ3n) is 3.97. The maximum absolute atomic E-state index is 10.6. The van der Waals surface area contributed by atoms with Gasteiger partial charge in [-0.25, -0.2) is 0 Å². The number of methoxy groups -OCH3 is 1. The van der Waals surface area contributed by atoms with Crippen molar-refractivity contribution < 1.29 is 14.6 Å². The fraction of sp³-hybridized carbons (Fsp3) is 0.562. The highest BCUT2D eigenvalue weighted by Gasteiger charge is 2.17. The van der Waals surface area contributed by atoms with Crippen molar-refractivity contribution in [1.82, 2.24) is 9.80 Å². The number of hydrogen-bond acceptors (Lipinski definition) is 4. The van der Waals surface area contributed by atoms with Crippen LogP contribution in [0, 0.1) is 6.92 Å². The molecule has 1 aliphatic rings. The summed E-state index contributed by atoms with van der Waals surface area (Å²) >= 11 is 0. The van der Waals surface area contributed by atoms with Crippen LogP contribution >= 0.6 is 0 Å². The summed E-state index contributed by atoms with van der Waals surface area (Å²) in [6, 6.07) is 6.31. The molecule has 0 saturated carbocycles. The van der Waals surface area contributed by atoms with Gasteiger partial charge >= 0.3 is 5.97 Å². The highest BCUT2D eigenvalue weighted by molar-refractivity contribution is 5.66. The van der Waals surface area contributed by atoms with Crippen LogP contribution in [0.15, 0.2) is 18.2 Å². The number of nitrogens with zero attached hydrogens (tertiary/aromatic N) is 2. The first-order chi connectivity index (χ1) is 10.1. The summed E-state index contributed by atoms with van der Waals surface area (Å²) < 4.78 is 5.28. The molecule has 0 unspecified atom stereocenters. The number of ether oxygens (including phenoxy) is 1. The predicted molar refractivity (Wildman–Crippen MR) is 81.7 cm³/mol. The van der Waals surface area contributed by atoms with E-state index in [4.69, 9.17) is 9.84 Å². The zero-order valence-corrected chi connectivity index (χ0v) is 12.8. The van der Waals surface area contributed by atoms with Gasteiger partial charge in [-0.15, -0.1) is 0 Å². The van der Waals surface area contributed by atoms with Gasteiger partial charge in [-0.2, -0.15) is 0 Å². The third-order valence-corrected chi connectivity index (χ3v) is 3.97. The van der Waals surface area contributed by atoms with Gasteiger partial charge in [0.15, 0.2) is 0 Å². The molecule has 0 aliphatic carbocycles. The molecule has 0 aromatic heterocycles. The molecule has 1 N–H and O–H groups in total. The zero-order chi connectivity index (χ0) is 15.2. The number of carboxylic acids is 1. The van der Waals surface area contributed by atoms with Gasteiger partial charge in [-0.05, 0) is 24.1 Å². The summed E-state index contributed by atoms with van der Waals surface area (Å²) in [5.41, 5.74) is 2.46. The van der Waals surface area contributed by atoms with Crippen molar-refractivity contribution in [2.45, 2.75) is 19.9 Å². The van der Waals surface area contributed by atoms with Crippen molar-refractivity contribution in [3.05, 3.63) is 29.3 Å². The van der Waals surface area contributed by atoms with Crippen molar-refractivity contribution in [2.24, 2.45) is 0 Å². The number of aliphatic carboxylic acids is 1. The molecule has 21 heavy (non-hydrogen) atoms. The van der Waals surface area contributed by atoms with Gasteiger partial charge in [0.1, 0.15) is 5.75 Å². The van der Waals surface area contributed by atoms with Crippen molar-refractivity contribution in [3.8, 4) is 5.75 Å². The number of carboxylic acid groups (broad SMARTS) is 1. The maximum atomic E-state index is 10.6. The van der Waals surface area contributed by atoms with E-state index in [2.05, 4.69) is 28.9 Å². The second kappa shape index (κ2) is 7.43. The van der Waals surface area contributed by atoms with Crippen molar-refractivity contribution >= 4 is 5.97 Å². The van der Waals surface area contributed by atoms with Crippen LogP contribution in [0.4, 0.5) is 0 Å². The van der Waals surface area contributed by atoms with Crippen LogP contribution in [0.1, 0.15) is 17.5 Å². The first kappa shape index (κ1) is 15.8. The smallest absolute Gasteiger partial charge is 0.304 e. The minimum atomic E-state index is -0.717. The molecule has 0 amide bonds. The molecule has 1 aliphatic heterocycles. The van der Waals surface area contributed by atoms with Crippen LogP contribution < -0.4 is 4.74 Å². The Morgan fingerprint density at radius 3 is 2.48 bits per heavy atom. The van der Waals surface area contributed by atoms with Crippen LogP contribution in [-0.2, 0) is 11.3 Å². The van der Waals surface area contributed by atoms with Gasteiger partial charge in [0.2, 0.25) is 0 Å². The molecular weight excluding hydrogens is 268 g/mol. The fourth-order valence-electron chi connectivity index (χ4n) is 2.72. The van der Waals surface area contributed by atoms with Crippen LogP contribution in [0.5, 0.6) is 5.75 Å². The van der Waals surface area contributed by atoms with E-state index >= 15 is 0 Å². The van der Waals surface area contributed by atoms with Gasteiger partial charge in [0.05, 0.1) is 13.5 Å². The van der Waals surface area contributed by atoms with Crippen molar-refractivity contribution in [1.29, 1.82) is 0 Å². The molecule has 1 fully saturated rings. The number of benzene rings is 1. The van der Waals surface area contributed by atoms with Gasteiger partial charge in [-0.3, -0.25) is 9.69 Å². The maximum Gasteiger partial charge on any atom is 0.304 e. The number of hydrogen-bond donors (Lipinski definition) is 1. The molecular formula is C16H24N2O3. The normalized spacial score (nSPS) is 16.9. The van der Waals surface area contributed by atoms with Gasteiger partial charge < -0.3 is 14.7 Å². The van der Waals surface area contributed by atoms with E-state index in [9.17, 15) is 4.79 Å². The number of aryl methyl sites for hydroxylation is 1. The van der Waals surface area contributed by atoms with E-state index in [-0.39, 0.29) is 6.42 Å². The van der Waals surface area contributed by atoms with E-state index in [1.807, 2.05) is 6.07 Å². The average molecular weight is 292 g/mol. The second-order valence-corrected chi connectivity index (χ2v) is 5.57. The van der Waals surface area contributed by atoms with Crippen LogP contribution in [0.25, 0.3) is 0 Å². The molecule has 116 valence electrons. The lowest BCUT2D eigenvalue weighted by molar-refractivity contribution is -0.137. The first-order valence-corrected chi connectivity index (χ1v) is 7.38. The lowest BCUT2D eigenvalue weighted by Crippen LogP contribution is -2.46. The van der Waals surface area contributed by atoms with Crippen molar-refractivity contribution in [2.75, 3.05) is 39.8 Å². The number of piperazine rings is 1. The molecule has 1 aromatic carbocycles. The zero-order valence-electron chi connectivity index (χ0n) is 12.8. The van der Waals surface area contributed by atoms with E-state index in [1.54, 1.807) is 7.11 Å². The first-order valence-electron chi connectivity index (χ1n) is 7.38. The van der Waals surface area contributed by atoms with Gasteiger partial charge in [0.25, 0.3) is 0 Å². The lowest BCUT2D eigenvalue weighted by atomic mass is 10.1. The van der Waals surface area contributed by atoms with E-state index in [0.717, 1.165) is 44.0 Å². The Balaban J connectivity index is 1.80. The number of rotatable bonds is 6. The summed E-state index contributed by atoms with van der Waals surface area (Å²) in [6.45, 7) is 7.54. The molecule has 1 heterocycles. The van der Waals surface area contributed by atoms with Gasteiger partial charge in [-0.1, -0.05) is 12.1 Å². The Bertz CT molecular complexity index is 482. The quantitative estimate of drug-likeness (QED) is 0.863. The SMILES string of the molecule is COc1ccc(CN2CCN(CCC(=O)O)CC2)cc1C. The second-order valence-electron chi connectivity index (χ2n) is 5.57.